The van der Waals surface area contributed by atoms with Gasteiger partial charge in [-0.15, -0.1) is 0 Å². The van der Waals surface area contributed by atoms with E-state index >= 15 is 0 Å². The third-order valence-electron chi connectivity index (χ3n) is 5.27. The van der Waals surface area contributed by atoms with Crippen molar-refractivity contribution in [2.75, 3.05) is 5.32 Å². The first-order chi connectivity index (χ1) is 14.3. The van der Waals surface area contributed by atoms with Gasteiger partial charge in [-0.3, -0.25) is 9.97 Å². The highest BCUT2D eigenvalue weighted by Gasteiger charge is 2.16. The Balaban J connectivity index is 1.53. The van der Waals surface area contributed by atoms with Gasteiger partial charge < -0.3 is 10.3 Å². The highest BCUT2D eigenvalue weighted by atomic mass is 35.5. The molecule has 0 unspecified atom stereocenters. The lowest BCUT2D eigenvalue weighted by molar-refractivity contribution is 0.462. The number of fused-ring (bicyclic) bond motifs is 1. The van der Waals surface area contributed by atoms with E-state index < -0.39 is 0 Å². The van der Waals surface area contributed by atoms with Crippen LogP contribution in [0.1, 0.15) is 32.1 Å². The quantitative estimate of drug-likeness (QED) is 0.470. The predicted octanol–water partition coefficient (Wildman–Crippen LogP) is 4.87. The predicted molar refractivity (Wildman–Crippen MR) is 114 cm³/mol. The number of halogens is 1. The van der Waals surface area contributed by atoms with Gasteiger partial charge in [-0.2, -0.15) is 0 Å². The molecule has 1 aliphatic rings. The van der Waals surface area contributed by atoms with Gasteiger partial charge in [0.1, 0.15) is 27.9 Å². The van der Waals surface area contributed by atoms with Gasteiger partial charge >= 0.3 is 0 Å². The number of nitrogens with one attached hydrogen (secondary N) is 2. The number of hydrogen-bond acceptors (Lipinski definition) is 6. The van der Waals surface area contributed by atoms with E-state index in [0.29, 0.717) is 28.2 Å². The zero-order valence-corrected chi connectivity index (χ0v) is 16.5. The van der Waals surface area contributed by atoms with Gasteiger partial charge in [0.05, 0.1) is 12.4 Å². The second kappa shape index (κ2) is 7.75. The molecular formula is C21H20ClN7. The van der Waals surface area contributed by atoms with E-state index in [1.165, 1.54) is 32.1 Å². The Morgan fingerprint density at radius 2 is 1.86 bits per heavy atom. The Morgan fingerprint density at radius 3 is 2.69 bits per heavy atom. The van der Waals surface area contributed by atoms with Gasteiger partial charge in [-0.1, -0.05) is 30.9 Å². The van der Waals surface area contributed by atoms with Crippen molar-refractivity contribution >= 4 is 28.6 Å². The second-order valence-electron chi connectivity index (χ2n) is 7.29. The van der Waals surface area contributed by atoms with Crippen LogP contribution in [0, 0.1) is 0 Å². The van der Waals surface area contributed by atoms with Crippen molar-refractivity contribution in [3.05, 3.63) is 48.3 Å². The van der Waals surface area contributed by atoms with Crippen LogP contribution in [-0.4, -0.2) is 35.9 Å². The molecule has 0 atom stereocenters. The first-order valence-corrected chi connectivity index (χ1v) is 10.2. The molecule has 0 saturated heterocycles. The maximum atomic E-state index is 6.35. The molecule has 1 fully saturated rings. The number of H-pyrrole nitrogens is 1. The third-order valence-corrected chi connectivity index (χ3v) is 5.46. The molecule has 146 valence electrons. The number of aromatic nitrogens is 6. The molecule has 0 radical (unpaired) electrons. The molecule has 29 heavy (non-hydrogen) atoms. The monoisotopic (exact) mass is 405 g/mol. The van der Waals surface area contributed by atoms with Gasteiger partial charge in [0.2, 0.25) is 0 Å². The topological polar surface area (TPSA) is 92.3 Å². The van der Waals surface area contributed by atoms with Crippen molar-refractivity contribution in [1.29, 1.82) is 0 Å². The molecule has 0 aliphatic heterocycles. The van der Waals surface area contributed by atoms with Gasteiger partial charge in [0.15, 0.2) is 5.65 Å². The largest absolute Gasteiger partial charge is 0.367 e. The summed E-state index contributed by atoms with van der Waals surface area (Å²) in [6.07, 6.45) is 14.7. The second-order valence-corrected chi connectivity index (χ2v) is 7.68. The molecule has 0 spiro atoms. The summed E-state index contributed by atoms with van der Waals surface area (Å²) >= 11 is 6.35. The fraction of sp³-hybridized carbons (Fsp3) is 0.286. The minimum Gasteiger partial charge on any atom is -0.367 e. The van der Waals surface area contributed by atoms with Crippen LogP contribution in [0.15, 0.2) is 43.1 Å². The van der Waals surface area contributed by atoms with E-state index in [1.807, 2.05) is 18.3 Å². The van der Waals surface area contributed by atoms with Gasteiger partial charge in [0, 0.05) is 30.2 Å². The number of hydrogen-bond donors (Lipinski definition) is 2. The average molecular weight is 406 g/mol. The average Bonchev–Trinajstić information content (AvgIpc) is 3.18. The lowest BCUT2D eigenvalue weighted by atomic mass is 9.95. The lowest BCUT2D eigenvalue weighted by Gasteiger charge is -2.23. The van der Waals surface area contributed by atoms with E-state index in [-0.39, 0.29) is 0 Å². The summed E-state index contributed by atoms with van der Waals surface area (Å²) in [4.78, 5) is 25.4. The molecule has 0 aromatic carbocycles. The minimum atomic E-state index is 0.452. The number of pyridine rings is 1. The van der Waals surface area contributed by atoms with Crippen molar-refractivity contribution in [2.45, 2.75) is 38.1 Å². The van der Waals surface area contributed by atoms with Crippen molar-refractivity contribution in [1.82, 2.24) is 29.9 Å². The molecule has 0 amide bonds. The molecule has 4 aromatic heterocycles. The van der Waals surface area contributed by atoms with Crippen LogP contribution in [0.5, 0.6) is 0 Å². The van der Waals surface area contributed by atoms with Crippen LogP contribution in [0.25, 0.3) is 33.7 Å². The maximum Gasteiger partial charge on any atom is 0.156 e. The summed E-state index contributed by atoms with van der Waals surface area (Å²) in [5, 5.41) is 4.00. The molecule has 1 saturated carbocycles. The van der Waals surface area contributed by atoms with Crippen molar-refractivity contribution in [2.24, 2.45) is 0 Å². The standard InChI is InChI=1S/C21H20ClN7/c22-18-8-13(9-19(29-18)27-14-4-2-1-3-5-14)15-10-25-21-20(15)28-17(12-26-21)16-11-23-6-7-24-16/h6-12,14H,1-5H2,(H,25,26)(H,27,29). The zero-order valence-electron chi connectivity index (χ0n) is 15.8. The summed E-state index contributed by atoms with van der Waals surface area (Å²) in [7, 11) is 0. The smallest absolute Gasteiger partial charge is 0.156 e. The minimum absolute atomic E-state index is 0.452. The summed E-state index contributed by atoms with van der Waals surface area (Å²) in [5.74, 6) is 0.798. The normalized spacial score (nSPS) is 14.9. The van der Waals surface area contributed by atoms with E-state index in [0.717, 1.165) is 22.5 Å². The van der Waals surface area contributed by atoms with Crippen LogP contribution in [-0.2, 0) is 0 Å². The Hall–Kier alpha value is -3.06. The summed E-state index contributed by atoms with van der Waals surface area (Å²) in [5.41, 5.74) is 4.70. The Bertz CT molecular complexity index is 1140. The Kier molecular flexibility index (Phi) is 4.81. The third kappa shape index (κ3) is 3.78. The number of aromatic amines is 1. The van der Waals surface area contributed by atoms with Gasteiger partial charge in [-0.25, -0.2) is 15.0 Å². The van der Waals surface area contributed by atoms with Gasteiger partial charge in [-0.05, 0) is 30.5 Å². The summed E-state index contributed by atoms with van der Waals surface area (Å²) < 4.78 is 0. The highest BCUT2D eigenvalue weighted by molar-refractivity contribution is 6.29. The molecule has 0 bridgehead atoms. The van der Waals surface area contributed by atoms with Crippen LogP contribution in [0.4, 0.5) is 5.82 Å². The summed E-state index contributed by atoms with van der Waals surface area (Å²) in [6, 6.07) is 4.33. The molecular weight excluding hydrogens is 386 g/mol. The van der Waals surface area contributed by atoms with Crippen LogP contribution < -0.4 is 5.32 Å². The van der Waals surface area contributed by atoms with Crippen molar-refractivity contribution < 1.29 is 0 Å². The van der Waals surface area contributed by atoms with E-state index in [4.69, 9.17) is 16.6 Å². The molecule has 5 rings (SSSR count). The van der Waals surface area contributed by atoms with Crippen molar-refractivity contribution in [3.63, 3.8) is 0 Å². The van der Waals surface area contributed by atoms with Crippen LogP contribution in [0.2, 0.25) is 5.15 Å². The Labute approximate surface area is 173 Å². The van der Waals surface area contributed by atoms with Crippen molar-refractivity contribution in [3.8, 4) is 22.5 Å². The van der Waals surface area contributed by atoms with Crippen LogP contribution >= 0.6 is 11.6 Å². The SMILES string of the molecule is Clc1cc(-c2c[nH]c3ncc(-c4cnccn4)nc23)cc(NC2CCCCC2)n1. The fourth-order valence-corrected chi connectivity index (χ4v) is 4.06. The van der Waals surface area contributed by atoms with E-state index in [2.05, 4.69) is 30.2 Å². The molecule has 7 nitrogen and oxygen atoms in total. The zero-order chi connectivity index (χ0) is 19.6. The maximum absolute atomic E-state index is 6.35. The highest BCUT2D eigenvalue weighted by Crippen LogP contribution is 2.31. The molecule has 2 N–H and O–H groups in total. The number of rotatable bonds is 4. The molecule has 4 aromatic rings. The number of anilines is 1. The molecule has 4 heterocycles. The van der Waals surface area contributed by atoms with E-state index in [1.54, 1.807) is 24.8 Å². The van der Waals surface area contributed by atoms with Gasteiger partial charge in [0.25, 0.3) is 0 Å². The summed E-state index contributed by atoms with van der Waals surface area (Å²) in [6.45, 7) is 0. The first kappa shape index (κ1) is 18.0. The van der Waals surface area contributed by atoms with Crippen LogP contribution in [0.3, 0.4) is 0 Å². The van der Waals surface area contributed by atoms with E-state index in [9.17, 15) is 0 Å². The molecule has 8 heteroatoms. The molecule has 1 aliphatic carbocycles. The fourth-order valence-electron chi connectivity index (χ4n) is 3.85. The lowest BCUT2D eigenvalue weighted by Crippen LogP contribution is -2.22. The Morgan fingerprint density at radius 1 is 0.966 bits per heavy atom. The number of nitrogens with zero attached hydrogens (tertiary/aromatic N) is 5. The first-order valence-electron chi connectivity index (χ1n) is 9.81.